The predicted molar refractivity (Wildman–Crippen MR) is 332 cm³/mol. The molecule has 0 bridgehead atoms. The highest BCUT2D eigenvalue weighted by Crippen LogP contribution is 2.10. The molecule has 35 nitrogen and oxygen atoms in total. The van der Waals surface area contributed by atoms with Gasteiger partial charge in [0.25, 0.3) is 0 Å². The molecule has 0 heterocycles. The first kappa shape index (κ1) is 81.5. The number of amides is 13. The van der Waals surface area contributed by atoms with Crippen molar-refractivity contribution in [1.82, 2.24) is 63.8 Å². The maximum absolute atomic E-state index is 14.4. The molecule has 13 amide bonds. The van der Waals surface area contributed by atoms with Crippen LogP contribution in [0.25, 0.3) is 0 Å². The van der Waals surface area contributed by atoms with Crippen LogP contribution in [0.2, 0.25) is 0 Å². The van der Waals surface area contributed by atoms with Crippen LogP contribution in [0.3, 0.4) is 0 Å². The van der Waals surface area contributed by atoms with Crippen LogP contribution in [-0.2, 0) is 73.5 Å². The second kappa shape index (κ2) is 44.1. The number of rotatable bonds is 47. The van der Waals surface area contributed by atoms with Gasteiger partial charge in [-0.05, 0) is 123 Å². The second-order valence-electron chi connectivity index (χ2n) is 22.4. The zero-order valence-electron chi connectivity index (χ0n) is 52.8. The van der Waals surface area contributed by atoms with Crippen molar-refractivity contribution in [2.75, 3.05) is 39.3 Å². The molecule has 0 saturated carbocycles. The van der Waals surface area contributed by atoms with Gasteiger partial charge >= 0.3 is 5.97 Å². The number of primary amides is 1. The van der Waals surface area contributed by atoms with E-state index in [9.17, 15) is 77.3 Å². The van der Waals surface area contributed by atoms with E-state index in [1.54, 1.807) is 6.92 Å². The SMILES string of the molecule is CC(C)C[C@H](NC=O)C(=O)N[C@@H](CCN)C(=O)NC(CCN)C(=O)NC(C(=O)NCC[C@@H](NC(=O)[C@@H](CCN)NC(=O)C(NC(=O)[C@@H](CCN)NC(=O)CCC(=O)N[C@H](CCC(=O)O)C(N)=O)[C@H](C)O)C(=O)NC(CCN)C(=O)N[C@H](C)Cc1ccccc1)C(C)O. The molecule has 0 fully saturated rings. The van der Waals surface area contributed by atoms with E-state index < -0.39 is 188 Å². The van der Waals surface area contributed by atoms with Crippen molar-refractivity contribution in [3.05, 3.63) is 35.9 Å². The lowest BCUT2D eigenvalue weighted by atomic mass is 10.0. The van der Waals surface area contributed by atoms with E-state index in [-0.39, 0.29) is 83.6 Å². The molecule has 0 aliphatic carbocycles. The summed E-state index contributed by atoms with van der Waals surface area (Å²) >= 11 is 0. The average Bonchev–Trinajstić information content (AvgIpc) is 1.11. The summed E-state index contributed by atoms with van der Waals surface area (Å²) < 4.78 is 0. The molecule has 92 heavy (non-hydrogen) atoms. The number of hydrogen-bond donors (Lipinski definition) is 21. The minimum Gasteiger partial charge on any atom is -0.481 e. The van der Waals surface area contributed by atoms with Crippen LogP contribution in [-0.4, -0.2) is 217 Å². The van der Waals surface area contributed by atoms with E-state index in [1.165, 1.54) is 0 Å². The molecule has 1 aromatic carbocycles. The van der Waals surface area contributed by atoms with Gasteiger partial charge in [-0.25, -0.2) is 0 Å². The molecule has 0 radical (unpaired) electrons. The number of aliphatic hydroxyl groups excluding tert-OH is 2. The Morgan fingerprint density at radius 2 is 0.793 bits per heavy atom. The van der Waals surface area contributed by atoms with Gasteiger partial charge in [0.15, 0.2) is 0 Å². The maximum atomic E-state index is 14.4. The number of carbonyl (C=O) groups excluding carboxylic acids is 13. The van der Waals surface area contributed by atoms with E-state index >= 15 is 0 Å². The molecule has 518 valence electrons. The Bertz CT molecular complexity index is 2580. The summed E-state index contributed by atoms with van der Waals surface area (Å²) in [6.07, 6.45) is -5.66. The van der Waals surface area contributed by atoms with Crippen molar-refractivity contribution in [2.24, 2.45) is 40.3 Å². The van der Waals surface area contributed by atoms with Gasteiger partial charge in [0.1, 0.15) is 60.4 Å². The molecular formula is C57H98N18O17. The molecule has 1 aromatic rings. The summed E-state index contributed by atoms with van der Waals surface area (Å²) in [7, 11) is 0. The van der Waals surface area contributed by atoms with Gasteiger partial charge in [-0.3, -0.25) is 67.1 Å². The summed E-state index contributed by atoms with van der Waals surface area (Å²) in [5.74, 6) is -12.5. The zero-order valence-corrected chi connectivity index (χ0v) is 52.8. The fourth-order valence-corrected chi connectivity index (χ4v) is 9.04. The second-order valence-corrected chi connectivity index (χ2v) is 22.4. The number of aliphatic carboxylic acids is 1. The van der Waals surface area contributed by atoms with E-state index in [1.807, 2.05) is 44.2 Å². The van der Waals surface area contributed by atoms with E-state index in [0.717, 1.165) is 19.4 Å². The first-order valence-electron chi connectivity index (χ1n) is 30.4. The third-order valence-electron chi connectivity index (χ3n) is 13.9. The minimum atomic E-state index is -1.84. The minimum absolute atomic E-state index is 0.0323. The van der Waals surface area contributed by atoms with Crippen LogP contribution in [0, 0.1) is 5.92 Å². The molecule has 1 rings (SSSR count). The molecule has 0 aromatic heterocycles. The van der Waals surface area contributed by atoms with Crippen LogP contribution in [0.4, 0.5) is 0 Å². The third-order valence-corrected chi connectivity index (χ3v) is 13.9. The fraction of sp³-hybridized carbons (Fsp3) is 0.649. The van der Waals surface area contributed by atoms with Crippen molar-refractivity contribution in [3.8, 4) is 0 Å². The first-order valence-corrected chi connectivity index (χ1v) is 30.4. The fourth-order valence-electron chi connectivity index (χ4n) is 9.04. The Morgan fingerprint density at radius 3 is 1.17 bits per heavy atom. The third kappa shape index (κ3) is 31.5. The number of hydrogen-bond acceptors (Lipinski definition) is 21. The summed E-state index contributed by atoms with van der Waals surface area (Å²) in [5, 5.41) is 60.0. The van der Waals surface area contributed by atoms with Gasteiger partial charge in [0.2, 0.25) is 77.3 Å². The van der Waals surface area contributed by atoms with E-state index in [2.05, 4.69) is 63.8 Å². The Balaban J connectivity index is 3.51. The van der Waals surface area contributed by atoms with Crippen molar-refractivity contribution >= 4 is 83.3 Å². The Hall–Kier alpha value is -8.48. The van der Waals surface area contributed by atoms with Gasteiger partial charge in [-0.2, -0.15) is 0 Å². The van der Waals surface area contributed by atoms with Crippen molar-refractivity contribution in [2.45, 2.75) is 190 Å². The van der Waals surface area contributed by atoms with E-state index in [4.69, 9.17) is 39.5 Å². The van der Waals surface area contributed by atoms with Crippen LogP contribution >= 0.6 is 0 Å². The molecule has 13 atom stereocenters. The highest BCUT2D eigenvalue weighted by atomic mass is 16.4. The molecule has 0 saturated heterocycles. The smallest absolute Gasteiger partial charge is 0.303 e. The van der Waals surface area contributed by atoms with Gasteiger partial charge < -0.3 is 114 Å². The zero-order chi connectivity index (χ0) is 69.6. The van der Waals surface area contributed by atoms with Crippen molar-refractivity contribution in [1.29, 1.82) is 0 Å². The normalized spacial score (nSPS) is 15.3. The molecule has 27 N–H and O–H groups in total. The van der Waals surface area contributed by atoms with Crippen LogP contribution in [0.5, 0.6) is 0 Å². The average molecular weight is 1310 g/mol. The Morgan fingerprint density at radius 1 is 0.435 bits per heavy atom. The molecule has 0 spiro atoms. The number of carboxylic acid groups (broad SMARTS) is 1. The molecule has 5 unspecified atom stereocenters. The number of benzene rings is 1. The number of carbonyl (C=O) groups is 14. The van der Waals surface area contributed by atoms with Gasteiger partial charge in [-0.15, -0.1) is 0 Å². The number of nitrogens with one attached hydrogen (secondary N) is 12. The van der Waals surface area contributed by atoms with Gasteiger partial charge in [0.05, 0.1) is 12.2 Å². The molecule has 35 heteroatoms. The maximum Gasteiger partial charge on any atom is 0.303 e. The molecular weight excluding hydrogens is 1210 g/mol. The lowest BCUT2D eigenvalue weighted by molar-refractivity contribution is -0.138. The number of nitrogens with two attached hydrogens (primary N) is 6. The first-order chi connectivity index (χ1) is 43.5. The van der Waals surface area contributed by atoms with Gasteiger partial charge in [0, 0.05) is 31.8 Å². The summed E-state index contributed by atoms with van der Waals surface area (Å²) in [6.45, 7) is 6.31. The van der Waals surface area contributed by atoms with Crippen molar-refractivity contribution in [3.63, 3.8) is 0 Å². The standard InChI is InChI=1S/C57H98N18O17/c1-30(2)27-42(65-29-76)55(90)71-38(17-23-60)50(85)70-40(19-25-62)54(89)74-46(32(4)77)56(91)64-26-20-41(52(87)69-37(16-22-59)49(84)66-31(3)28-34-9-7-6-8-10-34)72-51(86)39(18-24-61)73-57(92)47(33(5)78)75-53(88)36(15-21-58)68-44(80)13-12-43(79)67-35(48(63)83)11-14-45(81)82/h6-10,29-33,35-42,46-47,77-78H,11-28,58-62H2,1-5H3,(H2,63,83)(H,64,91)(H,65,76)(H,66,84)(H,67,79)(H,68,80)(H,69,87)(H,70,85)(H,71,90)(H,72,86)(H,73,92)(H,74,89)(H,75,88)(H,81,82)/t31-,32?,33+,35-,36-,37?,38+,39-,40?,41-,42+,46?,47?/m1/s1. The molecule has 0 aliphatic heterocycles. The van der Waals surface area contributed by atoms with Crippen LogP contribution < -0.4 is 98.2 Å². The Labute approximate surface area is 533 Å². The monoisotopic (exact) mass is 1310 g/mol. The summed E-state index contributed by atoms with van der Waals surface area (Å²) in [6, 6.07) is -5.97. The molecule has 0 aliphatic rings. The van der Waals surface area contributed by atoms with Crippen molar-refractivity contribution < 1.29 is 82.4 Å². The Kier molecular flexibility index (Phi) is 39.1. The lowest BCUT2D eigenvalue weighted by Gasteiger charge is -2.28. The number of aliphatic hydroxyl groups is 2. The highest BCUT2D eigenvalue weighted by Gasteiger charge is 2.36. The van der Waals surface area contributed by atoms with Crippen LogP contribution in [0.1, 0.15) is 111 Å². The number of carboxylic acids is 1. The van der Waals surface area contributed by atoms with E-state index in [0.29, 0.717) is 12.8 Å². The highest BCUT2D eigenvalue weighted by molar-refractivity contribution is 5.98. The van der Waals surface area contributed by atoms with Gasteiger partial charge in [-0.1, -0.05) is 44.2 Å². The summed E-state index contributed by atoms with van der Waals surface area (Å²) in [5.41, 5.74) is 35.1. The lowest BCUT2D eigenvalue weighted by Crippen LogP contribution is -2.61. The summed E-state index contributed by atoms with van der Waals surface area (Å²) in [4.78, 5) is 184. The van der Waals surface area contributed by atoms with Crippen LogP contribution in [0.15, 0.2) is 30.3 Å². The quantitative estimate of drug-likeness (QED) is 0.0270. The largest absolute Gasteiger partial charge is 0.481 e. The topological polar surface area (TPSA) is 600 Å². The predicted octanol–water partition coefficient (Wildman–Crippen LogP) is -8.60.